The molecule has 1 amide bonds. The summed E-state index contributed by atoms with van der Waals surface area (Å²) in [6.07, 6.45) is 3.63. The highest BCUT2D eigenvalue weighted by Gasteiger charge is 2.11. The standard InChI is InChI=1S/C12H25NO/c1-10(2)8-6-7-9-13(5)12(14)11(3)4/h10-11H,6-9H2,1-5H3. The van der Waals surface area contributed by atoms with Gasteiger partial charge in [0.15, 0.2) is 0 Å². The molecular formula is C12H25NO. The van der Waals surface area contributed by atoms with Crippen molar-refractivity contribution in [1.82, 2.24) is 4.90 Å². The van der Waals surface area contributed by atoms with E-state index >= 15 is 0 Å². The van der Waals surface area contributed by atoms with Gasteiger partial charge >= 0.3 is 0 Å². The monoisotopic (exact) mass is 199 g/mol. The molecule has 0 radical (unpaired) electrons. The molecule has 0 aromatic rings. The molecule has 0 fully saturated rings. The second kappa shape index (κ2) is 6.86. The van der Waals surface area contributed by atoms with Gasteiger partial charge in [-0.15, -0.1) is 0 Å². The summed E-state index contributed by atoms with van der Waals surface area (Å²) in [4.78, 5) is 13.3. The predicted octanol–water partition coefficient (Wildman–Crippen LogP) is 2.93. The molecule has 0 aliphatic heterocycles. The van der Waals surface area contributed by atoms with Gasteiger partial charge in [0.1, 0.15) is 0 Å². The average molecular weight is 199 g/mol. The zero-order chi connectivity index (χ0) is 11.1. The first-order chi connectivity index (χ1) is 6.45. The van der Waals surface area contributed by atoms with Crippen LogP contribution in [0.4, 0.5) is 0 Å². The van der Waals surface area contributed by atoms with E-state index in [2.05, 4.69) is 13.8 Å². The predicted molar refractivity (Wildman–Crippen MR) is 61.2 cm³/mol. The molecule has 2 nitrogen and oxygen atoms in total. The van der Waals surface area contributed by atoms with Gasteiger partial charge in [0.05, 0.1) is 0 Å². The molecule has 0 unspecified atom stereocenters. The lowest BCUT2D eigenvalue weighted by atomic mass is 10.1. The zero-order valence-corrected chi connectivity index (χ0v) is 10.3. The Kier molecular flexibility index (Phi) is 6.60. The second-order valence-electron chi connectivity index (χ2n) is 4.80. The summed E-state index contributed by atoms with van der Waals surface area (Å²) in [7, 11) is 1.90. The highest BCUT2D eigenvalue weighted by atomic mass is 16.2. The van der Waals surface area contributed by atoms with E-state index < -0.39 is 0 Å². The Balaban J connectivity index is 3.54. The molecule has 0 rings (SSSR count). The average Bonchev–Trinajstić information content (AvgIpc) is 2.10. The summed E-state index contributed by atoms with van der Waals surface area (Å²) in [6, 6.07) is 0. The summed E-state index contributed by atoms with van der Waals surface area (Å²) in [5, 5.41) is 0. The van der Waals surface area contributed by atoms with Crippen LogP contribution < -0.4 is 0 Å². The van der Waals surface area contributed by atoms with E-state index in [1.54, 1.807) is 0 Å². The van der Waals surface area contributed by atoms with E-state index in [1.165, 1.54) is 12.8 Å². The molecule has 0 atom stereocenters. The molecule has 0 spiro atoms. The Labute approximate surface area is 88.7 Å². The fourth-order valence-electron chi connectivity index (χ4n) is 1.45. The quantitative estimate of drug-likeness (QED) is 0.602. The topological polar surface area (TPSA) is 20.3 Å². The van der Waals surface area contributed by atoms with E-state index in [-0.39, 0.29) is 11.8 Å². The second-order valence-corrected chi connectivity index (χ2v) is 4.80. The largest absolute Gasteiger partial charge is 0.346 e. The van der Waals surface area contributed by atoms with Crippen LogP contribution in [0.1, 0.15) is 47.0 Å². The molecule has 14 heavy (non-hydrogen) atoms. The van der Waals surface area contributed by atoms with Crippen molar-refractivity contribution in [2.45, 2.75) is 47.0 Å². The normalized spacial score (nSPS) is 11.1. The molecular weight excluding hydrogens is 174 g/mol. The molecule has 0 aromatic heterocycles. The number of hydrogen-bond acceptors (Lipinski definition) is 1. The van der Waals surface area contributed by atoms with Crippen LogP contribution in [-0.4, -0.2) is 24.4 Å². The van der Waals surface area contributed by atoms with Crippen LogP contribution in [0, 0.1) is 11.8 Å². The van der Waals surface area contributed by atoms with E-state index in [0.29, 0.717) is 0 Å². The molecule has 0 aromatic carbocycles. The van der Waals surface area contributed by atoms with Crippen LogP contribution in [0.25, 0.3) is 0 Å². The van der Waals surface area contributed by atoms with E-state index in [1.807, 2.05) is 25.8 Å². The maximum atomic E-state index is 11.5. The highest BCUT2D eigenvalue weighted by molar-refractivity contribution is 5.77. The highest BCUT2D eigenvalue weighted by Crippen LogP contribution is 2.07. The number of hydrogen-bond donors (Lipinski definition) is 0. The molecule has 84 valence electrons. The van der Waals surface area contributed by atoms with Crippen molar-refractivity contribution in [2.24, 2.45) is 11.8 Å². The van der Waals surface area contributed by atoms with Crippen LogP contribution in [-0.2, 0) is 4.79 Å². The van der Waals surface area contributed by atoms with Crippen LogP contribution in [0.3, 0.4) is 0 Å². The fraction of sp³-hybridized carbons (Fsp3) is 0.917. The molecule has 0 aliphatic carbocycles. The number of rotatable bonds is 6. The molecule has 0 saturated heterocycles. The molecule has 0 N–H and O–H groups in total. The molecule has 0 bridgehead atoms. The van der Waals surface area contributed by atoms with Crippen molar-refractivity contribution in [1.29, 1.82) is 0 Å². The van der Waals surface area contributed by atoms with E-state index in [9.17, 15) is 4.79 Å². The van der Waals surface area contributed by atoms with Crippen molar-refractivity contribution in [3.63, 3.8) is 0 Å². The van der Waals surface area contributed by atoms with Gasteiger partial charge in [0.2, 0.25) is 5.91 Å². The minimum absolute atomic E-state index is 0.130. The van der Waals surface area contributed by atoms with Crippen LogP contribution in [0.5, 0.6) is 0 Å². The van der Waals surface area contributed by atoms with Crippen LogP contribution in [0.15, 0.2) is 0 Å². The van der Waals surface area contributed by atoms with Gasteiger partial charge in [-0.25, -0.2) is 0 Å². The van der Waals surface area contributed by atoms with Gasteiger partial charge in [-0.05, 0) is 12.3 Å². The van der Waals surface area contributed by atoms with E-state index in [0.717, 1.165) is 18.9 Å². The lowest BCUT2D eigenvalue weighted by Gasteiger charge is -2.19. The first kappa shape index (κ1) is 13.5. The minimum atomic E-state index is 0.130. The molecule has 0 heterocycles. The number of nitrogens with zero attached hydrogens (tertiary/aromatic N) is 1. The Bertz CT molecular complexity index is 164. The van der Waals surface area contributed by atoms with Crippen molar-refractivity contribution in [2.75, 3.05) is 13.6 Å². The van der Waals surface area contributed by atoms with Gasteiger partial charge in [-0.1, -0.05) is 40.5 Å². The van der Waals surface area contributed by atoms with Crippen molar-refractivity contribution in [3.8, 4) is 0 Å². The fourth-order valence-corrected chi connectivity index (χ4v) is 1.45. The van der Waals surface area contributed by atoms with E-state index in [4.69, 9.17) is 0 Å². The maximum absolute atomic E-state index is 11.5. The van der Waals surface area contributed by atoms with Crippen molar-refractivity contribution in [3.05, 3.63) is 0 Å². The smallest absolute Gasteiger partial charge is 0.224 e. The first-order valence-corrected chi connectivity index (χ1v) is 5.70. The lowest BCUT2D eigenvalue weighted by molar-refractivity contribution is -0.133. The maximum Gasteiger partial charge on any atom is 0.224 e. The van der Waals surface area contributed by atoms with Crippen LogP contribution in [0.2, 0.25) is 0 Å². The SMILES string of the molecule is CC(C)CCCCN(C)C(=O)C(C)C. The van der Waals surface area contributed by atoms with Gasteiger partial charge in [0.25, 0.3) is 0 Å². The minimum Gasteiger partial charge on any atom is -0.346 e. The van der Waals surface area contributed by atoms with Gasteiger partial charge in [-0.3, -0.25) is 4.79 Å². The molecule has 0 aliphatic rings. The summed E-state index contributed by atoms with van der Waals surface area (Å²) in [5.41, 5.74) is 0. The Morgan fingerprint density at radius 3 is 2.14 bits per heavy atom. The summed E-state index contributed by atoms with van der Waals surface area (Å²) < 4.78 is 0. The third-order valence-corrected chi connectivity index (χ3v) is 2.40. The van der Waals surface area contributed by atoms with Crippen LogP contribution >= 0.6 is 0 Å². The Hall–Kier alpha value is -0.530. The van der Waals surface area contributed by atoms with Gasteiger partial charge < -0.3 is 4.90 Å². The summed E-state index contributed by atoms with van der Waals surface area (Å²) >= 11 is 0. The zero-order valence-electron chi connectivity index (χ0n) is 10.3. The number of carbonyl (C=O) groups is 1. The van der Waals surface area contributed by atoms with Gasteiger partial charge in [0, 0.05) is 19.5 Å². The third-order valence-electron chi connectivity index (χ3n) is 2.40. The summed E-state index contributed by atoms with van der Waals surface area (Å²) in [6.45, 7) is 9.29. The summed E-state index contributed by atoms with van der Waals surface area (Å²) in [5.74, 6) is 1.17. The van der Waals surface area contributed by atoms with Gasteiger partial charge in [-0.2, -0.15) is 0 Å². The number of carbonyl (C=O) groups excluding carboxylic acids is 1. The first-order valence-electron chi connectivity index (χ1n) is 5.70. The number of amides is 1. The molecule has 2 heteroatoms. The van der Waals surface area contributed by atoms with Crippen molar-refractivity contribution >= 4 is 5.91 Å². The molecule has 0 saturated carbocycles. The lowest BCUT2D eigenvalue weighted by Crippen LogP contribution is -2.31. The van der Waals surface area contributed by atoms with Crippen molar-refractivity contribution < 1.29 is 4.79 Å². The Morgan fingerprint density at radius 1 is 1.14 bits per heavy atom. The third kappa shape index (κ3) is 6.01. The Morgan fingerprint density at radius 2 is 1.71 bits per heavy atom. The number of unbranched alkanes of at least 4 members (excludes halogenated alkanes) is 1.